The summed E-state index contributed by atoms with van der Waals surface area (Å²) in [6.07, 6.45) is 0.735. The number of benzene rings is 1. The summed E-state index contributed by atoms with van der Waals surface area (Å²) in [6.45, 7) is 5.08. The number of amides is 1. The largest absolute Gasteiger partial charge is 0.388 e. The third-order valence-corrected chi connectivity index (χ3v) is 4.49. The molecule has 1 atom stereocenters. The maximum atomic E-state index is 11.7. The van der Waals surface area contributed by atoms with Gasteiger partial charge in [0, 0.05) is 45.5 Å². The number of carbonyl (C=O) groups is 1. The van der Waals surface area contributed by atoms with Crippen LogP contribution in [-0.4, -0.2) is 55.7 Å². The lowest BCUT2D eigenvalue weighted by molar-refractivity contribution is -0.117. The smallest absolute Gasteiger partial charge is 0.231 e. The summed E-state index contributed by atoms with van der Waals surface area (Å²) in [6, 6.07) is 5.87. The molecule has 2 aliphatic rings. The SMILES string of the molecule is CN1C(=O)Cc2cc(C(O)CCN3CCNCC3)ccc21. The number of hydrogen-bond donors (Lipinski definition) is 2. The number of anilines is 1. The van der Waals surface area contributed by atoms with Crippen LogP contribution in [0.25, 0.3) is 0 Å². The van der Waals surface area contributed by atoms with Gasteiger partial charge in [-0.05, 0) is 23.6 Å². The standard InChI is InChI=1S/C16H23N3O2/c1-18-14-3-2-12(10-13(14)11-16(18)21)15(20)4-7-19-8-5-17-6-9-19/h2-3,10,15,17,20H,4-9,11H2,1H3. The lowest BCUT2D eigenvalue weighted by Gasteiger charge is -2.28. The van der Waals surface area contributed by atoms with Crippen molar-refractivity contribution in [3.8, 4) is 0 Å². The molecule has 2 heterocycles. The number of hydrogen-bond acceptors (Lipinski definition) is 4. The zero-order valence-electron chi connectivity index (χ0n) is 12.5. The molecule has 1 aromatic carbocycles. The van der Waals surface area contributed by atoms with Crippen LogP contribution < -0.4 is 10.2 Å². The van der Waals surface area contributed by atoms with Crippen LogP contribution in [0.1, 0.15) is 23.7 Å². The van der Waals surface area contributed by atoms with Crippen molar-refractivity contribution in [2.24, 2.45) is 0 Å². The average molecular weight is 289 g/mol. The van der Waals surface area contributed by atoms with Crippen molar-refractivity contribution >= 4 is 11.6 Å². The molecule has 0 aromatic heterocycles. The minimum Gasteiger partial charge on any atom is -0.388 e. The predicted molar refractivity (Wildman–Crippen MR) is 82.4 cm³/mol. The molecule has 2 N–H and O–H groups in total. The molecule has 5 heteroatoms. The van der Waals surface area contributed by atoms with Gasteiger partial charge in [0.1, 0.15) is 0 Å². The first-order valence-corrected chi connectivity index (χ1v) is 7.65. The summed E-state index contributed by atoms with van der Waals surface area (Å²) >= 11 is 0. The highest BCUT2D eigenvalue weighted by molar-refractivity contribution is 6.00. The second-order valence-electron chi connectivity index (χ2n) is 5.91. The van der Waals surface area contributed by atoms with Crippen molar-refractivity contribution in [1.82, 2.24) is 10.2 Å². The molecular formula is C16H23N3O2. The fourth-order valence-electron chi connectivity index (χ4n) is 3.10. The summed E-state index contributed by atoms with van der Waals surface area (Å²) in [7, 11) is 1.80. The Bertz CT molecular complexity index is 526. The van der Waals surface area contributed by atoms with E-state index in [0.29, 0.717) is 6.42 Å². The van der Waals surface area contributed by atoms with E-state index in [1.165, 1.54) is 0 Å². The fourth-order valence-corrected chi connectivity index (χ4v) is 3.10. The molecule has 0 bridgehead atoms. The first-order chi connectivity index (χ1) is 10.1. The van der Waals surface area contributed by atoms with Crippen molar-refractivity contribution in [3.05, 3.63) is 29.3 Å². The molecule has 0 aliphatic carbocycles. The number of rotatable bonds is 4. The summed E-state index contributed by atoms with van der Waals surface area (Å²) < 4.78 is 0. The monoisotopic (exact) mass is 289 g/mol. The van der Waals surface area contributed by atoms with Gasteiger partial charge >= 0.3 is 0 Å². The van der Waals surface area contributed by atoms with Gasteiger partial charge in [-0.2, -0.15) is 0 Å². The first-order valence-electron chi connectivity index (χ1n) is 7.65. The molecule has 114 valence electrons. The lowest BCUT2D eigenvalue weighted by atomic mass is 10.0. The van der Waals surface area contributed by atoms with Crippen molar-refractivity contribution in [2.45, 2.75) is 18.9 Å². The molecule has 0 saturated carbocycles. The number of nitrogens with one attached hydrogen (secondary N) is 1. The highest BCUT2D eigenvalue weighted by Gasteiger charge is 2.24. The highest BCUT2D eigenvalue weighted by Crippen LogP contribution is 2.30. The van der Waals surface area contributed by atoms with Gasteiger partial charge in [0.15, 0.2) is 0 Å². The Morgan fingerprint density at radius 3 is 2.86 bits per heavy atom. The first kappa shape index (κ1) is 14.5. The van der Waals surface area contributed by atoms with Crippen LogP contribution in [0.3, 0.4) is 0 Å². The second-order valence-corrected chi connectivity index (χ2v) is 5.91. The van der Waals surface area contributed by atoms with Gasteiger partial charge in [0.25, 0.3) is 0 Å². The van der Waals surface area contributed by atoms with Crippen LogP contribution in [0.15, 0.2) is 18.2 Å². The molecule has 1 saturated heterocycles. The van der Waals surface area contributed by atoms with Crippen LogP contribution >= 0.6 is 0 Å². The highest BCUT2D eigenvalue weighted by atomic mass is 16.3. The van der Waals surface area contributed by atoms with Crippen molar-refractivity contribution < 1.29 is 9.90 Å². The third-order valence-electron chi connectivity index (χ3n) is 4.49. The zero-order valence-corrected chi connectivity index (χ0v) is 12.5. The van der Waals surface area contributed by atoms with E-state index in [4.69, 9.17) is 0 Å². The number of likely N-dealkylation sites (N-methyl/N-ethyl adjacent to an activating group) is 1. The van der Waals surface area contributed by atoms with Gasteiger partial charge in [0.05, 0.1) is 12.5 Å². The van der Waals surface area contributed by atoms with Gasteiger partial charge in [-0.15, -0.1) is 0 Å². The Morgan fingerprint density at radius 1 is 1.33 bits per heavy atom. The number of piperazine rings is 1. The maximum Gasteiger partial charge on any atom is 0.231 e. The molecule has 1 fully saturated rings. The number of nitrogens with zero attached hydrogens (tertiary/aromatic N) is 2. The average Bonchev–Trinajstić information content (AvgIpc) is 2.80. The van der Waals surface area contributed by atoms with E-state index in [-0.39, 0.29) is 5.91 Å². The summed E-state index contributed by atoms with van der Waals surface area (Å²) in [4.78, 5) is 15.8. The van der Waals surface area contributed by atoms with Crippen LogP contribution in [0.4, 0.5) is 5.69 Å². The summed E-state index contributed by atoms with van der Waals surface area (Å²) in [5.74, 6) is 0.123. The summed E-state index contributed by atoms with van der Waals surface area (Å²) in [5, 5.41) is 13.7. The topological polar surface area (TPSA) is 55.8 Å². The normalized spacial score (nSPS) is 20.7. The Labute approximate surface area is 125 Å². The molecule has 0 radical (unpaired) electrons. The Morgan fingerprint density at radius 2 is 2.10 bits per heavy atom. The molecule has 1 amide bonds. The molecule has 21 heavy (non-hydrogen) atoms. The minimum absolute atomic E-state index is 0.123. The lowest BCUT2D eigenvalue weighted by Crippen LogP contribution is -2.44. The minimum atomic E-state index is -0.453. The number of fused-ring (bicyclic) bond motifs is 1. The van der Waals surface area contributed by atoms with E-state index >= 15 is 0 Å². The number of carbonyl (C=O) groups excluding carboxylic acids is 1. The van der Waals surface area contributed by atoms with Crippen molar-refractivity contribution in [2.75, 3.05) is 44.7 Å². The maximum absolute atomic E-state index is 11.7. The number of aliphatic hydroxyl groups excluding tert-OH is 1. The van der Waals surface area contributed by atoms with E-state index in [1.54, 1.807) is 11.9 Å². The second kappa shape index (κ2) is 6.13. The van der Waals surface area contributed by atoms with E-state index in [0.717, 1.165) is 56.0 Å². The van der Waals surface area contributed by atoms with Gasteiger partial charge < -0.3 is 20.2 Å². The Kier molecular flexibility index (Phi) is 4.24. The van der Waals surface area contributed by atoms with Crippen molar-refractivity contribution in [1.29, 1.82) is 0 Å². The van der Waals surface area contributed by atoms with E-state index < -0.39 is 6.10 Å². The fraction of sp³-hybridized carbons (Fsp3) is 0.562. The van der Waals surface area contributed by atoms with Crippen molar-refractivity contribution in [3.63, 3.8) is 0 Å². The quantitative estimate of drug-likeness (QED) is 0.849. The van der Waals surface area contributed by atoms with E-state index in [9.17, 15) is 9.90 Å². The van der Waals surface area contributed by atoms with Gasteiger partial charge in [-0.1, -0.05) is 12.1 Å². The van der Waals surface area contributed by atoms with E-state index in [2.05, 4.69) is 10.2 Å². The molecule has 1 aromatic rings. The van der Waals surface area contributed by atoms with Crippen LogP contribution in [0.5, 0.6) is 0 Å². The third kappa shape index (κ3) is 3.10. The van der Waals surface area contributed by atoms with Crippen LogP contribution in [-0.2, 0) is 11.2 Å². The molecule has 5 nitrogen and oxygen atoms in total. The van der Waals surface area contributed by atoms with E-state index in [1.807, 2.05) is 18.2 Å². The molecule has 3 rings (SSSR count). The Balaban J connectivity index is 1.61. The molecule has 1 unspecified atom stereocenters. The number of aliphatic hydroxyl groups is 1. The predicted octanol–water partition coefficient (Wildman–Crippen LogP) is 0.534. The van der Waals surface area contributed by atoms with Crippen LogP contribution in [0, 0.1) is 0 Å². The van der Waals surface area contributed by atoms with Gasteiger partial charge in [0.2, 0.25) is 5.91 Å². The molecule has 2 aliphatic heterocycles. The van der Waals surface area contributed by atoms with Crippen LogP contribution in [0.2, 0.25) is 0 Å². The molecular weight excluding hydrogens is 266 g/mol. The van der Waals surface area contributed by atoms with Gasteiger partial charge in [-0.3, -0.25) is 4.79 Å². The zero-order chi connectivity index (χ0) is 14.8. The van der Waals surface area contributed by atoms with Gasteiger partial charge in [-0.25, -0.2) is 0 Å². The summed E-state index contributed by atoms with van der Waals surface area (Å²) in [5.41, 5.74) is 2.92. The molecule has 0 spiro atoms. The Hall–Kier alpha value is -1.43.